The standard InChI is InChI=1S/C21H27N3O3/c1-22-21(24(2)15-17-7-4-5-8-18(17)25-3)23-14-16-9-10-19-20(13-16)27-12-6-11-26-19/h4-5,7-10,13H,6,11-12,14-15H2,1-3H3,(H,22,23). The van der Waals surface area contributed by atoms with Gasteiger partial charge >= 0.3 is 0 Å². The molecule has 0 amide bonds. The molecule has 0 saturated heterocycles. The van der Waals surface area contributed by atoms with E-state index in [1.165, 1.54) is 0 Å². The van der Waals surface area contributed by atoms with Crippen LogP contribution >= 0.6 is 0 Å². The summed E-state index contributed by atoms with van der Waals surface area (Å²) in [4.78, 5) is 6.46. The summed E-state index contributed by atoms with van der Waals surface area (Å²) in [5.41, 5.74) is 2.23. The summed E-state index contributed by atoms with van der Waals surface area (Å²) in [6.45, 7) is 2.74. The average Bonchev–Trinajstić information content (AvgIpc) is 2.94. The molecule has 3 rings (SSSR count). The molecule has 0 saturated carbocycles. The lowest BCUT2D eigenvalue weighted by atomic mass is 10.2. The van der Waals surface area contributed by atoms with Gasteiger partial charge in [0.15, 0.2) is 17.5 Å². The van der Waals surface area contributed by atoms with E-state index in [9.17, 15) is 0 Å². The van der Waals surface area contributed by atoms with Crippen LogP contribution < -0.4 is 19.5 Å². The Bertz CT molecular complexity index is 792. The van der Waals surface area contributed by atoms with Gasteiger partial charge in [0.1, 0.15) is 5.75 Å². The normalized spacial score (nSPS) is 13.7. The predicted octanol–water partition coefficient (Wildman–Crippen LogP) is 3.06. The van der Waals surface area contributed by atoms with Crippen LogP contribution in [0.3, 0.4) is 0 Å². The third-order valence-corrected chi connectivity index (χ3v) is 4.44. The predicted molar refractivity (Wildman–Crippen MR) is 107 cm³/mol. The van der Waals surface area contributed by atoms with Crippen molar-refractivity contribution in [3.63, 3.8) is 0 Å². The highest BCUT2D eigenvalue weighted by atomic mass is 16.5. The van der Waals surface area contributed by atoms with Crippen molar-refractivity contribution < 1.29 is 14.2 Å². The first-order chi connectivity index (χ1) is 13.2. The summed E-state index contributed by atoms with van der Waals surface area (Å²) in [5, 5.41) is 3.40. The minimum Gasteiger partial charge on any atom is -0.496 e. The van der Waals surface area contributed by atoms with E-state index < -0.39 is 0 Å². The molecule has 0 unspecified atom stereocenters. The molecule has 144 valence electrons. The number of benzene rings is 2. The third kappa shape index (κ3) is 4.84. The number of fused-ring (bicyclic) bond motifs is 1. The fourth-order valence-electron chi connectivity index (χ4n) is 3.05. The second kappa shape index (κ2) is 9.16. The molecular weight excluding hydrogens is 342 g/mol. The molecule has 1 aliphatic heterocycles. The molecule has 0 bridgehead atoms. The number of nitrogens with one attached hydrogen (secondary N) is 1. The fraction of sp³-hybridized carbons (Fsp3) is 0.381. The Morgan fingerprint density at radius 3 is 2.70 bits per heavy atom. The molecule has 1 N–H and O–H groups in total. The molecule has 0 aromatic heterocycles. The zero-order valence-corrected chi connectivity index (χ0v) is 16.2. The molecular formula is C21H27N3O3. The number of ether oxygens (including phenoxy) is 3. The maximum Gasteiger partial charge on any atom is 0.193 e. The Morgan fingerprint density at radius 1 is 1.15 bits per heavy atom. The largest absolute Gasteiger partial charge is 0.496 e. The van der Waals surface area contributed by atoms with Gasteiger partial charge < -0.3 is 24.4 Å². The van der Waals surface area contributed by atoms with Crippen molar-refractivity contribution >= 4 is 5.96 Å². The van der Waals surface area contributed by atoms with Crippen LogP contribution in [0.25, 0.3) is 0 Å². The van der Waals surface area contributed by atoms with E-state index in [-0.39, 0.29) is 0 Å². The van der Waals surface area contributed by atoms with Crippen molar-refractivity contribution in [1.82, 2.24) is 10.2 Å². The van der Waals surface area contributed by atoms with Crippen LogP contribution in [-0.4, -0.2) is 45.3 Å². The number of hydrogen-bond donors (Lipinski definition) is 1. The first-order valence-electron chi connectivity index (χ1n) is 9.13. The number of hydrogen-bond acceptors (Lipinski definition) is 4. The maximum atomic E-state index is 5.77. The number of rotatable bonds is 5. The number of methoxy groups -OCH3 is 1. The smallest absolute Gasteiger partial charge is 0.193 e. The SMILES string of the molecule is CN=C(NCc1ccc2c(c1)OCCCO2)N(C)Cc1ccccc1OC. The number of para-hydroxylation sites is 1. The molecule has 6 heteroatoms. The highest BCUT2D eigenvalue weighted by molar-refractivity contribution is 5.79. The van der Waals surface area contributed by atoms with Gasteiger partial charge in [-0.1, -0.05) is 24.3 Å². The summed E-state index contributed by atoms with van der Waals surface area (Å²) < 4.78 is 16.9. The summed E-state index contributed by atoms with van der Waals surface area (Å²) in [6, 6.07) is 14.1. The maximum absolute atomic E-state index is 5.77. The van der Waals surface area contributed by atoms with Crippen molar-refractivity contribution in [2.75, 3.05) is 34.4 Å². The first-order valence-corrected chi connectivity index (χ1v) is 9.13. The Kier molecular flexibility index (Phi) is 6.41. The van der Waals surface area contributed by atoms with Crippen molar-refractivity contribution in [2.45, 2.75) is 19.5 Å². The Hall–Kier alpha value is -2.89. The molecule has 1 aliphatic rings. The topological polar surface area (TPSA) is 55.3 Å². The molecule has 27 heavy (non-hydrogen) atoms. The van der Waals surface area contributed by atoms with Crippen LogP contribution in [0.2, 0.25) is 0 Å². The van der Waals surface area contributed by atoms with Gasteiger partial charge in [0.2, 0.25) is 0 Å². The minimum absolute atomic E-state index is 0.652. The van der Waals surface area contributed by atoms with Crippen LogP contribution in [0, 0.1) is 0 Å². The van der Waals surface area contributed by atoms with E-state index in [0.717, 1.165) is 40.8 Å². The van der Waals surface area contributed by atoms with Crippen LogP contribution in [0.1, 0.15) is 17.5 Å². The van der Waals surface area contributed by atoms with Gasteiger partial charge in [-0.25, -0.2) is 0 Å². The van der Waals surface area contributed by atoms with Gasteiger partial charge in [0, 0.05) is 39.2 Å². The van der Waals surface area contributed by atoms with Crippen molar-refractivity contribution in [3.05, 3.63) is 53.6 Å². The van der Waals surface area contributed by atoms with E-state index in [1.807, 2.05) is 43.4 Å². The van der Waals surface area contributed by atoms with Crippen molar-refractivity contribution in [1.29, 1.82) is 0 Å². The number of guanidine groups is 1. The molecule has 0 atom stereocenters. The second-order valence-corrected chi connectivity index (χ2v) is 6.40. The third-order valence-electron chi connectivity index (χ3n) is 4.44. The minimum atomic E-state index is 0.652. The molecule has 0 spiro atoms. The lowest BCUT2D eigenvalue weighted by Crippen LogP contribution is -2.38. The van der Waals surface area contributed by atoms with Gasteiger partial charge in [-0.05, 0) is 23.8 Å². The van der Waals surface area contributed by atoms with Gasteiger partial charge in [0.05, 0.1) is 20.3 Å². The highest BCUT2D eigenvalue weighted by Crippen LogP contribution is 2.30. The van der Waals surface area contributed by atoms with Crippen LogP contribution in [0.4, 0.5) is 0 Å². The zero-order valence-electron chi connectivity index (χ0n) is 16.2. The summed E-state index contributed by atoms with van der Waals surface area (Å²) in [7, 11) is 5.49. The summed E-state index contributed by atoms with van der Waals surface area (Å²) >= 11 is 0. The van der Waals surface area contributed by atoms with Gasteiger partial charge in [-0.3, -0.25) is 4.99 Å². The lowest BCUT2D eigenvalue weighted by molar-refractivity contribution is 0.297. The Balaban J connectivity index is 1.63. The lowest BCUT2D eigenvalue weighted by Gasteiger charge is -2.23. The summed E-state index contributed by atoms with van der Waals surface area (Å²) in [6.07, 6.45) is 0.905. The molecule has 0 radical (unpaired) electrons. The molecule has 0 aliphatic carbocycles. The second-order valence-electron chi connectivity index (χ2n) is 6.40. The average molecular weight is 369 g/mol. The Morgan fingerprint density at radius 2 is 1.93 bits per heavy atom. The van der Waals surface area contributed by atoms with Crippen LogP contribution in [0.5, 0.6) is 17.2 Å². The van der Waals surface area contributed by atoms with Crippen LogP contribution in [-0.2, 0) is 13.1 Å². The van der Waals surface area contributed by atoms with Crippen LogP contribution in [0.15, 0.2) is 47.5 Å². The fourth-order valence-corrected chi connectivity index (χ4v) is 3.05. The van der Waals surface area contributed by atoms with E-state index >= 15 is 0 Å². The summed E-state index contributed by atoms with van der Waals surface area (Å²) in [5.74, 6) is 3.31. The van der Waals surface area contributed by atoms with Gasteiger partial charge in [-0.15, -0.1) is 0 Å². The number of aliphatic imine (C=N–C) groups is 1. The first kappa shape index (κ1) is 18.9. The monoisotopic (exact) mass is 369 g/mol. The van der Waals surface area contributed by atoms with E-state index in [1.54, 1.807) is 14.2 Å². The molecule has 1 heterocycles. The molecule has 0 fully saturated rings. The highest BCUT2D eigenvalue weighted by Gasteiger charge is 2.12. The van der Waals surface area contributed by atoms with Gasteiger partial charge in [-0.2, -0.15) is 0 Å². The van der Waals surface area contributed by atoms with E-state index in [2.05, 4.69) is 21.3 Å². The number of nitrogens with zero attached hydrogens (tertiary/aromatic N) is 2. The molecule has 2 aromatic rings. The quantitative estimate of drug-likeness (QED) is 0.648. The van der Waals surface area contributed by atoms with E-state index in [0.29, 0.717) is 26.3 Å². The van der Waals surface area contributed by atoms with Crippen molar-refractivity contribution in [2.24, 2.45) is 4.99 Å². The molecule has 2 aromatic carbocycles. The van der Waals surface area contributed by atoms with E-state index in [4.69, 9.17) is 14.2 Å². The van der Waals surface area contributed by atoms with Gasteiger partial charge in [0.25, 0.3) is 0 Å². The zero-order chi connectivity index (χ0) is 19.1. The Labute approximate surface area is 160 Å². The van der Waals surface area contributed by atoms with Crippen molar-refractivity contribution in [3.8, 4) is 17.2 Å². The molecule has 6 nitrogen and oxygen atoms in total.